The number of H-pyrrole nitrogens is 1. The average Bonchev–Trinajstić information content (AvgIpc) is 3.02. The summed E-state index contributed by atoms with van der Waals surface area (Å²) in [6.07, 6.45) is 1.57. The number of fused-ring (bicyclic) bond motifs is 1. The van der Waals surface area contributed by atoms with Gasteiger partial charge in [-0.1, -0.05) is 30.0 Å². The number of phenolic OH excluding ortho intramolecular Hbond substituents is 1. The third-order valence-electron chi connectivity index (χ3n) is 4.10. The first-order valence-corrected chi connectivity index (χ1v) is 8.84. The molecule has 1 aliphatic heterocycles. The molecule has 6 nitrogen and oxygen atoms in total. The van der Waals surface area contributed by atoms with E-state index < -0.39 is 0 Å². The Kier molecular flexibility index (Phi) is 4.15. The molecule has 1 atom stereocenters. The van der Waals surface area contributed by atoms with Crippen molar-refractivity contribution in [1.82, 2.24) is 15.2 Å². The molecule has 0 fully saturated rings. The lowest BCUT2D eigenvalue weighted by atomic mass is 10.1. The highest BCUT2D eigenvalue weighted by atomic mass is 32.2. The summed E-state index contributed by atoms with van der Waals surface area (Å²) in [6, 6.07) is 14.6. The Balaban J connectivity index is 1.49. The summed E-state index contributed by atoms with van der Waals surface area (Å²) >= 11 is 1.36. The van der Waals surface area contributed by atoms with Crippen molar-refractivity contribution in [3.05, 3.63) is 54.1 Å². The number of hydrogen-bond donors (Lipinski definition) is 3. The van der Waals surface area contributed by atoms with Gasteiger partial charge in [-0.3, -0.25) is 9.89 Å². The topological polar surface area (TPSA) is 90.9 Å². The van der Waals surface area contributed by atoms with Crippen LogP contribution in [0.3, 0.4) is 0 Å². The average molecular weight is 352 g/mol. The monoisotopic (exact) mass is 352 g/mol. The van der Waals surface area contributed by atoms with Crippen molar-refractivity contribution < 1.29 is 9.90 Å². The summed E-state index contributed by atoms with van der Waals surface area (Å²) < 4.78 is 0. The Labute approximate surface area is 148 Å². The fourth-order valence-corrected chi connectivity index (χ4v) is 3.68. The van der Waals surface area contributed by atoms with E-state index in [1.165, 1.54) is 11.8 Å². The van der Waals surface area contributed by atoms with Crippen LogP contribution in [0.15, 0.2) is 53.7 Å². The number of carbonyl (C=O) groups excluding carboxylic acids is 1. The second kappa shape index (κ2) is 6.60. The van der Waals surface area contributed by atoms with Gasteiger partial charge in [0.05, 0.1) is 5.25 Å². The second-order valence-corrected chi connectivity index (χ2v) is 6.97. The molecule has 0 saturated heterocycles. The fourth-order valence-electron chi connectivity index (χ4n) is 2.78. The molecule has 0 bridgehead atoms. The van der Waals surface area contributed by atoms with Gasteiger partial charge in [0.25, 0.3) is 0 Å². The van der Waals surface area contributed by atoms with Gasteiger partial charge in [0.1, 0.15) is 5.75 Å². The fraction of sp³-hybridized carbons (Fsp3) is 0.167. The molecule has 0 aliphatic carbocycles. The number of benzene rings is 2. The number of aryl methyl sites for hydroxylation is 1. The number of nitrogens with one attached hydrogen (secondary N) is 2. The third kappa shape index (κ3) is 3.36. The highest BCUT2D eigenvalue weighted by molar-refractivity contribution is 8.00. The van der Waals surface area contributed by atoms with Crippen LogP contribution in [0.25, 0.3) is 11.4 Å². The van der Waals surface area contributed by atoms with Crippen LogP contribution < -0.4 is 5.32 Å². The summed E-state index contributed by atoms with van der Waals surface area (Å²) in [4.78, 5) is 16.9. The largest absolute Gasteiger partial charge is 0.508 e. The van der Waals surface area contributed by atoms with Gasteiger partial charge in [-0.05, 0) is 48.7 Å². The quantitative estimate of drug-likeness (QED) is 0.673. The van der Waals surface area contributed by atoms with E-state index in [0.29, 0.717) is 11.0 Å². The Bertz CT molecular complexity index is 907. The molecule has 1 amide bonds. The molecule has 0 radical (unpaired) electrons. The van der Waals surface area contributed by atoms with E-state index in [1.807, 2.05) is 24.3 Å². The molecule has 1 aliphatic rings. The molecule has 3 N–H and O–H groups in total. The molecular weight excluding hydrogens is 336 g/mol. The molecule has 25 heavy (non-hydrogen) atoms. The zero-order chi connectivity index (χ0) is 17.2. The molecule has 3 aromatic rings. The molecule has 4 rings (SSSR count). The van der Waals surface area contributed by atoms with Crippen LogP contribution in [0.1, 0.15) is 12.0 Å². The molecule has 1 aromatic heterocycles. The van der Waals surface area contributed by atoms with Crippen LogP contribution in [0.4, 0.5) is 5.69 Å². The highest BCUT2D eigenvalue weighted by Gasteiger charge is 2.26. The van der Waals surface area contributed by atoms with Crippen LogP contribution in [0.5, 0.6) is 5.75 Å². The molecular formula is C18H16N4O2S. The van der Waals surface area contributed by atoms with E-state index in [9.17, 15) is 9.90 Å². The number of nitrogens with zero attached hydrogens (tertiary/aromatic N) is 2. The number of carbonyl (C=O) groups is 1. The summed E-state index contributed by atoms with van der Waals surface area (Å²) in [7, 11) is 0. The van der Waals surface area contributed by atoms with E-state index in [0.717, 1.165) is 29.7 Å². The summed E-state index contributed by atoms with van der Waals surface area (Å²) in [5.74, 6) is 0.790. The number of aromatic amines is 1. The minimum atomic E-state index is -0.240. The van der Waals surface area contributed by atoms with Gasteiger partial charge in [0.15, 0.2) is 5.82 Å². The van der Waals surface area contributed by atoms with Crippen LogP contribution in [0, 0.1) is 0 Å². The number of rotatable bonds is 3. The van der Waals surface area contributed by atoms with Crippen molar-refractivity contribution in [3.63, 3.8) is 0 Å². The summed E-state index contributed by atoms with van der Waals surface area (Å²) in [5.41, 5.74) is 2.86. The number of thioether (sulfide) groups is 1. The van der Waals surface area contributed by atoms with E-state index in [-0.39, 0.29) is 16.9 Å². The first kappa shape index (κ1) is 15.7. The lowest BCUT2D eigenvalue weighted by Crippen LogP contribution is -2.23. The summed E-state index contributed by atoms with van der Waals surface area (Å²) in [5, 5.41) is 19.7. The van der Waals surface area contributed by atoms with E-state index >= 15 is 0 Å². The molecule has 7 heteroatoms. The van der Waals surface area contributed by atoms with Gasteiger partial charge in [0.2, 0.25) is 11.1 Å². The normalized spacial score (nSPS) is 16.8. The number of para-hydroxylation sites is 1. The smallest absolute Gasteiger partial charge is 0.237 e. The number of phenols is 1. The predicted molar refractivity (Wildman–Crippen MR) is 96.5 cm³/mol. The Morgan fingerprint density at radius 2 is 1.92 bits per heavy atom. The number of aromatic nitrogens is 3. The van der Waals surface area contributed by atoms with E-state index in [1.54, 1.807) is 24.3 Å². The third-order valence-corrected chi connectivity index (χ3v) is 5.22. The molecule has 2 heterocycles. The first-order chi connectivity index (χ1) is 12.2. The number of anilines is 1. The van der Waals surface area contributed by atoms with Crippen molar-refractivity contribution in [2.24, 2.45) is 0 Å². The highest BCUT2D eigenvalue weighted by Crippen LogP contribution is 2.30. The van der Waals surface area contributed by atoms with Gasteiger partial charge >= 0.3 is 0 Å². The molecule has 0 saturated carbocycles. The van der Waals surface area contributed by atoms with Crippen molar-refractivity contribution in [1.29, 1.82) is 0 Å². The SMILES string of the molecule is O=C1Nc2ccccc2CC[C@H]1Sc1n[nH]c(-c2ccc(O)cc2)n1. The second-order valence-electron chi connectivity index (χ2n) is 5.81. The lowest BCUT2D eigenvalue weighted by Gasteiger charge is -2.10. The maximum Gasteiger partial charge on any atom is 0.237 e. The van der Waals surface area contributed by atoms with Crippen molar-refractivity contribution in [3.8, 4) is 17.1 Å². The minimum absolute atomic E-state index is 0.0223. The Morgan fingerprint density at radius 3 is 2.76 bits per heavy atom. The standard InChI is InChI=1S/C18H16N4O2S/c23-13-8-5-12(6-9-13)16-20-18(22-21-16)25-15-10-7-11-3-1-2-4-14(11)19-17(15)24/h1-6,8-9,15,23H,7,10H2,(H,19,24)(H,20,21,22)/t15-/m1/s1. The van der Waals surface area contributed by atoms with Gasteiger partial charge in [0, 0.05) is 11.3 Å². The van der Waals surface area contributed by atoms with Crippen LogP contribution in [-0.2, 0) is 11.2 Å². The van der Waals surface area contributed by atoms with Crippen LogP contribution >= 0.6 is 11.8 Å². The summed E-state index contributed by atoms with van der Waals surface area (Å²) in [6.45, 7) is 0. The van der Waals surface area contributed by atoms with Crippen molar-refractivity contribution >= 4 is 23.4 Å². The van der Waals surface area contributed by atoms with Gasteiger partial charge < -0.3 is 10.4 Å². The van der Waals surface area contributed by atoms with E-state index in [4.69, 9.17) is 0 Å². The predicted octanol–water partition coefficient (Wildman–Crippen LogP) is 3.22. The maximum atomic E-state index is 12.5. The van der Waals surface area contributed by atoms with Gasteiger partial charge in [-0.25, -0.2) is 4.98 Å². The first-order valence-electron chi connectivity index (χ1n) is 7.96. The van der Waals surface area contributed by atoms with Crippen molar-refractivity contribution in [2.45, 2.75) is 23.2 Å². The van der Waals surface area contributed by atoms with Crippen molar-refractivity contribution in [2.75, 3.05) is 5.32 Å². The molecule has 2 aromatic carbocycles. The lowest BCUT2D eigenvalue weighted by molar-refractivity contribution is -0.115. The Hall–Kier alpha value is -2.80. The zero-order valence-electron chi connectivity index (χ0n) is 13.3. The number of hydrogen-bond acceptors (Lipinski definition) is 5. The Morgan fingerprint density at radius 1 is 1.12 bits per heavy atom. The zero-order valence-corrected chi connectivity index (χ0v) is 14.1. The van der Waals surface area contributed by atoms with Gasteiger partial charge in [-0.2, -0.15) is 0 Å². The molecule has 0 spiro atoms. The molecule has 126 valence electrons. The molecule has 0 unspecified atom stereocenters. The van der Waals surface area contributed by atoms with E-state index in [2.05, 4.69) is 20.5 Å². The number of aromatic hydroxyl groups is 1. The van der Waals surface area contributed by atoms with Crippen LogP contribution in [0.2, 0.25) is 0 Å². The van der Waals surface area contributed by atoms with Gasteiger partial charge in [-0.15, -0.1) is 5.10 Å². The number of amides is 1. The maximum absolute atomic E-state index is 12.5. The minimum Gasteiger partial charge on any atom is -0.508 e. The van der Waals surface area contributed by atoms with Crippen LogP contribution in [-0.4, -0.2) is 31.4 Å².